The Morgan fingerprint density at radius 1 is 1.37 bits per heavy atom. The highest BCUT2D eigenvalue weighted by atomic mass is 79.9. The van der Waals surface area contributed by atoms with Gasteiger partial charge in [0.05, 0.1) is 17.7 Å². The Bertz CT molecular complexity index is 432. The lowest BCUT2D eigenvalue weighted by Crippen LogP contribution is -2.05. The Kier molecular flexibility index (Phi) is 6.95. The molecule has 0 radical (unpaired) electrons. The third kappa shape index (κ3) is 5.25. The van der Waals surface area contributed by atoms with Crippen molar-refractivity contribution in [3.05, 3.63) is 34.3 Å². The molecule has 106 valence electrons. The van der Waals surface area contributed by atoms with Gasteiger partial charge in [0.2, 0.25) is 0 Å². The van der Waals surface area contributed by atoms with E-state index < -0.39 is 0 Å². The van der Waals surface area contributed by atoms with Crippen LogP contribution >= 0.6 is 15.9 Å². The van der Waals surface area contributed by atoms with Gasteiger partial charge >= 0.3 is 0 Å². The second-order valence-corrected chi connectivity index (χ2v) is 5.29. The zero-order chi connectivity index (χ0) is 14.3. The number of hydrogen-bond donors (Lipinski definition) is 1. The van der Waals surface area contributed by atoms with Crippen LogP contribution in [0.2, 0.25) is 0 Å². The minimum absolute atomic E-state index is 0.601. The molecular formula is C15H22BrNO2. The molecule has 4 heteroatoms. The van der Waals surface area contributed by atoms with Crippen LogP contribution in [0.25, 0.3) is 0 Å². The summed E-state index contributed by atoms with van der Waals surface area (Å²) in [5, 5.41) is 0. The van der Waals surface area contributed by atoms with Crippen LogP contribution < -0.4 is 15.2 Å². The molecule has 0 aliphatic heterocycles. The molecule has 0 atom stereocenters. The van der Waals surface area contributed by atoms with Crippen LogP contribution in [0, 0.1) is 0 Å². The van der Waals surface area contributed by atoms with Gasteiger partial charge in [-0.05, 0) is 60.4 Å². The number of ether oxygens (including phenoxy) is 2. The first-order valence-corrected chi connectivity index (χ1v) is 7.30. The van der Waals surface area contributed by atoms with Gasteiger partial charge < -0.3 is 15.2 Å². The molecule has 0 saturated heterocycles. The normalized spacial score (nSPS) is 10.3. The highest BCUT2D eigenvalue weighted by molar-refractivity contribution is 9.10. The van der Waals surface area contributed by atoms with Crippen LogP contribution in [0.3, 0.4) is 0 Å². The molecule has 19 heavy (non-hydrogen) atoms. The Balaban J connectivity index is 2.90. The summed E-state index contributed by atoms with van der Waals surface area (Å²) in [5.74, 6) is 1.52. The maximum atomic E-state index is 5.80. The maximum Gasteiger partial charge on any atom is 0.175 e. The van der Waals surface area contributed by atoms with Crippen LogP contribution in [-0.2, 0) is 6.42 Å². The van der Waals surface area contributed by atoms with E-state index >= 15 is 0 Å². The molecule has 3 nitrogen and oxygen atoms in total. The Labute approximate surface area is 123 Å². The summed E-state index contributed by atoms with van der Waals surface area (Å²) in [6, 6.07) is 4.03. The maximum absolute atomic E-state index is 5.80. The van der Waals surface area contributed by atoms with E-state index in [4.69, 9.17) is 15.2 Å². The van der Waals surface area contributed by atoms with E-state index in [1.165, 1.54) is 0 Å². The van der Waals surface area contributed by atoms with Crippen molar-refractivity contribution >= 4 is 15.9 Å². The van der Waals surface area contributed by atoms with Crippen LogP contribution in [0.5, 0.6) is 11.5 Å². The lowest BCUT2D eigenvalue weighted by atomic mass is 10.1. The van der Waals surface area contributed by atoms with E-state index in [2.05, 4.69) is 22.5 Å². The van der Waals surface area contributed by atoms with Crippen molar-refractivity contribution in [2.24, 2.45) is 5.73 Å². The molecule has 0 heterocycles. The smallest absolute Gasteiger partial charge is 0.175 e. The van der Waals surface area contributed by atoms with Gasteiger partial charge in [-0.25, -0.2) is 0 Å². The predicted octanol–water partition coefficient (Wildman–Crippen LogP) is 3.69. The third-order valence-corrected chi connectivity index (χ3v) is 3.17. The topological polar surface area (TPSA) is 44.5 Å². The molecule has 2 N–H and O–H groups in total. The number of benzene rings is 1. The van der Waals surface area contributed by atoms with Crippen molar-refractivity contribution in [2.45, 2.75) is 26.7 Å². The van der Waals surface area contributed by atoms with Crippen molar-refractivity contribution in [3.8, 4) is 11.5 Å². The first kappa shape index (κ1) is 16.1. The van der Waals surface area contributed by atoms with Gasteiger partial charge in [0.1, 0.15) is 0 Å². The molecule has 0 bridgehead atoms. The fourth-order valence-corrected chi connectivity index (χ4v) is 2.27. The molecular weight excluding hydrogens is 306 g/mol. The van der Waals surface area contributed by atoms with Gasteiger partial charge in [0, 0.05) is 6.42 Å². The minimum Gasteiger partial charge on any atom is -0.490 e. The first-order chi connectivity index (χ1) is 9.08. The molecule has 0 aliphatic rings. The third-order valence-electron chi connectivity index (χ3n) is 2.58. The zero-order valence-corrected chi connectivity index (χ0v) is 13.3. The van der Waals surface area contributed by atoms with E-state index in [0.29, 0.717) is 19.8 Å². The van der Waals surface area contributed by atoms with E-state index in [1.807, 2.05) is 26.0 Å². The molecule has 0 fully saturated rings. The zero-order valence-electron chi connectivity index (χ0n) is 11.7. The van der Waals surface area contributed by atoms with Crippen LogP contribution in [-0.4, -0.2) is 19.8 Å². The summed E-state index contributed by atoms with van der Waals surface area (Å²) in [6.45, 7) is 9.65. The van der Waals surface area contributed by atoms with E-state index in [1.54, 1.807) is 0 Å². The van der Waals surface area contributed by atoms with E-state index in [0.717, 1.165) is 39.9 Å². The van der Waals surface area contributed by atoms with Crippen molar-refractivity contribution in [3.63, 3.8) is 0 Å². The van der Waals surface area contributed by atoms with Crippen molar-refractivity contribution in [1.29, 1.82) is 0 Å². The molecule has 0 saturated carbocycles. The lowest BCUT2D eigenvalue weighted by Gasteiger charge is -2.15. The highest BCUT2D eigenvalue weighted by Gasteiger charge is 2.12. The predicted molar refractivity (Wildman–Crippen MR) is 83.0 cm³/mol. The second-order valence-electron chi connectivity index (χ2n) is 4.43. The minimum atomic E-state index is 0.601. The molecule has 1 aromatic rings. The molecule has 1 rings (SSSR count). The molecule has 0 spiro atoms. The van der Waals surface area contributed by atoms with Crippen molar-refractivity contribution in [1.82, 2.24) is 0 Å². The average Bonchev–Trinajstić information content (AvgIpc) is 2.33. The van der Waals surface area contributed by atoms with Crippen LogP contribution in [0.1, 0.15) is 25.8 Å². The largest absolute Gasteiger partial charge is 0.490 e. The fraction of sp³-hybridized carbons (Fsp3) is 0.467. The molecule has 0 amide bonds. The van der Waals surface area contributed by atoms with Gasteiger partial charge in [-0.1, -0.05) is 5.57 Å². The SMILES string of the molecule is C=C(C)CCOc1c(Br)cc(CCN)cc1OCC. The lowest BCUT2D eigenvalue weighted by molar-refractivity contribution is 0.277. The standard InChI is InChI=1S/C15H22BrNO2/c1-4-18-14-10-12(5-7-17)9-13(16)15(14)19-8-6-11(2)3/h9-10H,2,4-8,17H2,1,3H3. The molecule has 0 aromatic heterocycles. The van der Waals surface area contributed by atoms with E-state index in [-0.39, 0.29) is 0 Å². The average molecular weight is 328 g/mol. The molecule has 0 aliphatic carbocycles. The Morgan fingerprint density at radius 2 is 2.11 bits per heavy atom. The van der Waals surface area contributed by atoms with Gasteiger partial charge in [0.25, 0.3) is 0 Å². The van der Waals surface area contributed by atoms with Crippen LogP contribution in [0.15, 0.2) is 28.8 Å². The summed E-state index contributed by atoms with van der Waals surface area (Å²) in [5.41, 5.74) is 7.84. The summed E-state index contributed by atoms with van der Waals surface area (Å²) in [7, 11) is 0. The van der Waals surface area contributed by atoms with E-state index in [9.17, 15) is 0 Å². The quantitative estimate of drug-likeness (QED) is 0.740. The monoisotopic (exact) mass is 327 g/mol. The summed E-state index contributed by atoms with van der Waals surface area (Å²) >= 11 is 3.54. The summed E-state index contributed by atoms with van der Waals surface area (Å²) in [4.78, 5) is 0. The highest BCUT2D eigenvalue weighted by Crippen LogP contribution is 2.37. The Morgan fingerprint density at radius 3 is 2.68 bits per heavy atom. The number of nitrogens with two attached hydrogens (primary N) is 1. The van der Waals surface area contributed by atoms with Gasteiger partial charge in [-0.15, -0.1) is 6.58 Å². The van der Waals surface area contributed by atoms with Gasteiger partial charge in [-0.2, -0.15) is 0 Å². The van der Waals surface area contributed by atoms with Gasteiger partial charge in [0.15, 0.2) is 11.5 Å². The summed E-state index contributed by atoms with van der Waals surface area (Å²) < 4.78 is 12.4. The summed E-state index contributed by atoms with van der Waals surface area (Å²) in [6.07, 6.45) is 1.66. The molecule has 1 aromatic carbocycles. The van der Waals surface area contributed by atoms with Crippen molar-refractivity contribution in [2.75, 3.05) is 19.8 Å². The van der Waals surface area contributed by atoms with Crippen molar-refractivity contribution < 1.29 is 9.47 Å². The molecule has 0 unspecified atom stereocenters. The second kappa shape index (κ2) is 8.23. The van der Waals surface area contributed by atoms with Crippen LogP contribution in [0.4, 0.5) is 0 Å². The first-order valence-electron chi connectivity index (χ1n) is 6.51. The number of hydrogen-bond acceptors (Lipinski definition) is 3. The van der Waals surface area contributed by atoms with Gasteiger partial charge in [-0.3, -0.25) is 0 Å². The fourth-order valence-electron chi connectivity index (χ4n) is 1.66. The number of rotatable bonds is 8. The number of halogens is 1. The Hall–Kier alpha value is -1.00.